The third kappa shape index (κ3) is 7.73. The highest BCUT2D eigenvalue weighted by Gasteiger charge is 2.22. The number of rotatable bonds is 4. The normalized spacial score (nSPS) is 11.5. The van der Waals surface area contributed by atoms with E-state index in [0.29, 0.717) is 28.6 Å². The molecule has 8 heteroatoms. The van der Waals surface area contributed by atoms with Crippen molar-refractivity contribution in [3.8, 4) is 11.5 Å². The van der Waals surface area contributed by atoms with E-state index < -0.39 is 23.4 Å². The second kappa shape index (κ2) is 9.16. The van der Waals surface area contributed by atoms with Gasteiger partial charge in [0.15, 0.2) is 0 Å². The van der Waals surface area contributed by atoms with E-state index >= 15 is 0 Å². The van der Waals surface area contributed by atoms with Gasteiger partial charge in [0.2, 0.25) is 0 Å². The third-order valence-corrected chi connectivity index (χ3v) is 3.77. The minimum absolute atomic E-state index is 0.414. The number of amides is 2. The molecule has 0 atom stereocenters. The van der Waals surface area contributed by atoms with Crippen molar-refractivity contribution in [2.45, 2.75) is 52.7 Å². The summed E-state index contributed by atoms with van der Waals surface area (Å²) in [6, 6.07) is 11.8. The molecule has 0 unspecified atom stereocenters. The fourth-order valence-electron chi connectivity index (χ4n) is 2.47. The Balaban J connectivity index is 2.09. The molecule has 2 aromatic rings. The monoisotopic (exact) mass is 429 g/mol. The topological polar surface area (TPSA) is 103 Å². The number of hydrogen-bond donors (Lipinski definition) is 2. The lowest BCUT2D eigenvalue weighted by Crippen LogP contribution is -2.34. The molecule has 2 amide bonds. The number of anilines is 3. The lowest BCUT2D eigenvalue weighted by atomic mass is 10.2. The summed E-state index contributed by atoms with van der Waals surface area (Å²) < 4.78 is 16.5. The van der Waals surface area contributed by atoms with Gasteiger partial charge in [0.05, 0.1) is 11.4 Å². The zero-order valence-electron chi connectivity index (χ0n) is 19.1. The number of carbonyl (C=O) groups excluding carboxylic acids is 2. The van der Waals surface area contributed by atoms with Crippen molar-refractivity contribution in [3.05, 3.63) is 42.5 Å². The zero-order valence-corrected chi connectivity index (χ0v) is 19.1. The quantitative estimate of drug-likeness (QED) is 0.597. The summed E-state index contributed by atoms with van der Waals surface area (Å²) in [4.78, 5) is 25.6. The van der Waals surface area contributed by atoms with E-state index in [4.69, 9.17) is 19.9 Å². The highest BCUT2D eigenvalue weighted by Crippen LogP contribution is 2.31. The van der Waals surface area contributed by atoms with Crippen LogP contribution in [-0.4, -0.2) is 30.4 Å². The molecule has 0 saturated heterocycles. The maximum absolute atomic E-state index is 12.4. The van der Waals surface area contributed by atoms with Gasteiger partial charge in [-0.1, -0.05) is 0 Å². The lowest BCUT2D eigenvalue weighted by Gasteiger charge is -2.25. The largest absolute Gasteiger partial charge is 0.457 e. The van der Waals surface area contributed by atoms with Crippen molar-refractivity contribution in [2.75, 3.05) is 23.0 Å². The van der Waals surface area contributed by atoms with Crippen LogP contribution in [0.2, 0.25) is 0 Å². The predicted octanol–water partition coefficient (Wildman–Crippen LogP) is 5.78. The van der Waals surface area contributed by atoms with Crippen LogP contribution in [0.3, 0.4) is 0 Å². The molecule has 0 radical (unpaired) electrons. The Hall–Kier alpha value is -3.42. The Kier molecular flexibility index (Phi) is 7.05. The number of ether oxygens (including phenoxy) is 3. The van der Waals surface area contributed by atoms with Gasteiger partial charge in [-0.25, -0.2) is 9.59 Å². The van der Waals surface area contributed by atoms with E-state index in [1.54, 1.807) is 91.1 Å². The van der Waals surface area contributed by atoms with Crippen molar-refractivity contribution in [2.24, 2.45) is 0 Å². The molecule has 8 nitrogen and oxygen atoms in total. The van der Waals surface area contributed by atoms with Crippen molar-refractivity contribution < 1.29 is 23.8 Å². The Morgan fingerprint density at radius 2 is 1.42 bits per heavy atom. The van der Waals surface area contributed by atoms with Crippen LogP contribution in [0.4, 0.5) is 26.7 Å². The minimum Gasteiger partial charge on any atom is -0.457 e. The SMILES string of the molecule is CN(C(=O)OC(C)(C)C)c1cc(Oc2ccc(NC(=O)OC(C)(C)C)cc2)ccc1N. The average Bonchev–Trinajstić information content (AvgIpc) is 2.61. The first-order valence-corrected chi connectivity index (χ1v) is 9.88. The Labute approximate surface area is 183 Å². The summed E-state index contributed by atoms with van der Waals surface area (Å²) in [5.41, 5.74) is 6.29. The van der Waals surface area contributed by atoms with Gasteiger partial charge in [0.25, 0.3) is 0 Å². The molecule has 31 heavy (non-hydrogen) atoms. The molecule has 0 aliphatic carbocycles. The van der Waals surface area contributed by atoms with Gasteiger partial charge in [-0.2, -0.15) is 0 Å². The maximum Gasteiger partial charge on any atom is 0.414 e. The predicted molar refractivity (Wildman–Crippen MR) is 122 cm³/mol. The summed E-state index contributed by atoms with van der Waals surface area (Å²) in [5, 5.41) is 2.66. The fourth-order valence-corrected chi connectivity index (χ4v) is 2.47. The van der Waals surface area contributed by atoms with Crippen LogP contribution in [-0.2, 0) is 9.47 Å². The average molecular weight is 430 g/mol. The molecular weight excluding hydrogens is 398 g/mol. The molecule has 0 bridgehead atoms. The van der Waals surface area contributed by atoms with Gasteiger partial charge in [0.1, 0.15) is 22.7 Å². The molecule has 0 saturated carbocycles. The van der Waals surface area contributed by atoms with Crippen molar-refractivity contribution in [1.82, 2.24) is 0 Å². The Bertz CT molecular complexity index is 928. The number of nitrogens with one attached hydrogen (secondary N) is 1. The molecular formula is C23H31N3O5. The van der Waals surface area contributed by atoms with E-state index in [2.05, 4.69) is 5.32 Å². The molecule has 3 N–H and O–H groups in total. The third-order valence-electron chi connectivity index (χ3n) is 3.77. The summed E-state index contributed by atoms with van der Waals surface area (Å²) in [7, 11) is 1.58. The van der Waals surface area contributed by atoms with Gasteiger partial charge in [-0.05, 0) is 77.9 Å². The van der Waals surface area contributed by atoms with E-state index in [9.17, 15) is 9.59 Å². The lowest BCUT2D eigenvalue weighted by molar-refractivity contribution is 0.0587. The van der Waals surface area contributed by atoms with Gasteiger partial charge in [-0.15, -0.1) is 0 Å². The first-order chi connectivity index (χ1) is 14.2. The second-order valence-electron chi connectivity index (χ2n) is 9.01. The van der Waals surface area contributed by atoms with Crippen LogP contribution in [0.15, 0.2) is 42.5 Å². The summed E-state index contributed by atoms with van der Waals surface area (Å²) in [5.74, 6) is 1.04. The first kappa shape index (κ1) is 23.9. The van der Waals surface area contributed by atoms with Gasteiger partial charge in [-0.3, -0.25) is 10.2 Å². The highest BCUT2D eigenvalue weighted by atomic mass is 16.6. The summed E-state index contributed by atoms with van der Waals surface area (Å²) in [6.45, 7) is 10.8. The number of nitrogen functional groups attached to an aromatic ring is 1. The number of benzene rings is 2. The van der Waals surface area contributed by atoms with Crippen molar-refractivity contribution >= 4 is 29.2 Å². The Morgan fingerprint density at radius 3 is 1.97 bits per heavy atom. The minimum atomic E-state index is -0.622. The number of carbonyl (C=O) groups is 2. The van der Waals surface area contributed by atoms with Crippen molar-refractivity contribution in [1.29, 1.82) is 0 Å². The molecule has 0 spiro atoms. The highest BCUT2D eigenvalue weighted by molar-refractivity contribution is 5.91. The van der Waals surface area contributed by atoms with Gasteiger partial charge >= 0.3 is 12.2 Å². The molecule has 2 aromatic carbocycles. The smallest absolute Gasteiger partial charge is 0.414 e. The molecule has 168 valence electrons. The van der Waals surface area contributed by atoms with E-state index in [1.807, 2.05) is 0 Å². The summed E-state index contributed by atoms with van der Waals surface area (Å²) in [6.07, 6.45) is -1.05. The van der Waals surface area contributed by atoms with Gasteiger partial charge in [0, 0.05) is 18.8 Å². The van der Waals surface area contributed by atoms with Crippen LogP contribution in [0, 0.1) is 0 Å². The van der Waals surface area contributed by atoms with Crippen molar-refractivity contribution in [3.63, 3.8) is 0 Å². The zero-order chi connectivity index (χ0) is 23.4. The molecule has 0 aromatic heterocycles. The van der Waals surface area contributed by atoms with Crippen LogP contribution >= 0.6 is 0 Å². The standard InChI is InChI=1S/C23H31N3O5/c1-22(2,3)30-20(27)25-15-8-10-16(11-9-15)29-17-12-13-18(24)19(14-17)26(7)21(28)31-23(4,5)6/h8-14H,24H2,1-7H3,(H,25,27). The van der Waals surface area contributed by atoms with Crippen LogP contribution < -0.4 is 20.7 Å². The molecule has 0 aliphatic heterocycles. The molecule has 0 aliphatic rings. The molecule has 0 heterocycles. The number of hydrogen-bond acceptors (Lipinski definition) is 6. The van der Waals surface area contributed by atoms with E-state index in [-0.39, 0.29) is 0 Å². The molecule has 0 fully saturated rings. The van der Waals surface area contributed by atoms with Gasteiger partial charge < -0.3 is 19.9 Å². The van der Waals surface area contributed by atoms with Crippen LogP contribution in [0.1, 0.15) is 41.5 Å². The van der Waals surface area contributed by atoms with E-state index in [1.165, 1.54) is 4.90 Å². The second-order valence-corrected chi connectivity index (χ2v) is 9.01. The van der Waals surface area contributed by atoms with Crippen LogP contribution in [0.25, 0.3) is 0 Å². The maximum atomic E-state index is 12.4. The number of nitrogens with two attached hydrogens (primary N) is 1. The summed E-state index contributed by atoms with van der Waals surface area (Å²) >= 11 is 0. The Morgan fingerprint density at radius 1 is 0.871 bits per heavy atom. The first-order valence-electron chi connectivity index (χ1n) is 9.88. The molecule has 2 rings (SSSR count). The van der Waals surface area contributed by atoms with E-state index in [0.717, 1.165) is 0 Å². The number of nitrogens with zero attached hydrogens (tertiary/aromatic N) is 1. The fraction of sp³-hybridized carbons (Fsp3) is 0.391. The van der Waals surface area contributed by atoms with Crippen LogP contribution in [0.5, 0.6) is 11.5 Å².